The smallest absolute Gasteiger partial charge is 0.134 e. The third-order valence-electron chi connectivity index (χ3n) is 1.17. The van der Waals surface area contributed by atoms with Gasteiger partial charge in [0.25, 0.3) is 0 Å². The Hall–Kier alpha value is -1.19. The van der Waals surface area contributed by atoms with Gasteiger partial charge >= 0.3 is 0 Å². The van der Waals surface area contributed by atoms with Crippen molar-refractivity contribution in [1.29, 1.82) is 0 Å². The lowest BCUT2D eigenvalue weighted by Crippen LogP contribution is -2.34. The molecule has 0 saturated carbocycles. The number of hydrazone groups is 1. The molecule has 0 spiro atoms. The second-order valence-electron chi connectivity index (χ2n) is 1.70. The standard InChI is InChI=1S/C4H6N4/c1-2-7-4-5-6-8(7)3-1/h1,3-4,6H,2H2. The van der Waals surface area contributed by atoms with E-state index in [0.29, 0.717) is 0 Å². The van der Waals surface area contributed by atoms with E-state index in [1.165, 1.54) is 0 Å². The van der Waals surface area contributed by atoms with E-state index in [9.17, 15) is 0 Å². The van der Waals surface area contributed by atoms with Gasteiger partial charge in [-0.3, -0.25) is 0 Å². The minimum atomic E-state index is 0.927. The summed E-state index contributed by atoms with van der Waals surface area (Å²) in [6, 6.07) is 0. The Balaban J connectivity index is 2.20. The molecule has 4 nitrogen and oxygen atoms in total. The van der Waals surface area contributed by atoms with Crippen LogP contribution in [0.2, 0.25) is 0 Å². The highest BCUT2D eigenvalue weighted by Crippen LogP contribution is 2.04. The van der Waals surface area contributed by atoms with Crippen molar-refractivity contribution in [3.05, 3.63) is 12.3 Å². The van der Waals surface area contributed by atoms with Gasteiger partial charge in [0.1, 0.15) is 6.34 Å². The summed E-state index contributed by atoms with van der Waals surface area (Å²) in [5.74, 6) is 0. The van der Waals surface area contributed by atoms with Crippen LogP contribution in [0.4, 0.5) is 0 Å². The Bertz CT molecular complexity index is 132. The second-order valence-corrected chi connectivity index (χ2v) is 1.70. The highest BCUT2D eigenvalue weighted by atomic mass is 15.9. The van der Waals surface area contributed by atoms with E-state index in [1.807, 2.05) is 16.3 Å². The minimum Gasteiger partial charge on any atom is -0.249 e. The molecule has 8 heavy (non-hydrogen) atoms. The zero-order valence-corrected chi connectivity index (χ0v) is 4.28. The van der Waals surface area contributed by atoms with E-state index in [1.54, 1.807) is 6.34 Å². The molecule has 0 radical (unpaired) electrons. The summed E-state index contributed by atoms with van der Waals surface area (Å²) in [6.45, 7) is 0.927. The molecule has 0 unspecified atom stereocenters. The number of fused-ring (bicyclic) bond motifs is 1. The van der Waals surface area contributed by atoms with Crippen molar-refractivity contribution in [2.24, 2.45) is 5.10 Å². The van der Waals surface area contributed by atoms with E-state index in [2.05, 4.69) is 16.7 Å². The molecular weight excluding hydrogens is 104 g/mol. The molecule has 0 aromatic heterocycles. The first-order valence-electron chi connectivity index (χ1n) is 2.48. The fourth-order valence-electron chi connectivity index (χ4n) is 0.774. The molecule has 0 atom stereocenters. The molecule has 0 aromatic carbocycles. The van der Waals surface area contributed by atoms with E-state index in [-0.39, 0.29) is 0 Å². The first-order valence-corrected chi connectivity index (χ1v) is 2.48. The number of hydrogen-bond donors (Lipinski definition) is 1. The van der Waals surface area contributed by atoms with Crippen molar-refractivity contribution in [2.45, 2.75) is 0 Å². The van der Waals surface area contributed by atoms with Gasteiger partial charge in [0, 0.05) is 6.20 Å². The van der Waals surface area contributed by atoms with Gasteiger partial charge in [-0.1, -0.05) is 0 Å². The quantitative estimate of drug-likeness (QED) is 0.456. The van der Waals surface area contributed by atoms with Crippen LogP contribution in [-0.4, -0.2) is 23.0 Å². The third-order valence-corrected chi connectivity index (χ3v) is 1.17. The van der Waals surface area contributed by atoms with E-state index < -0.39 is 0 Å². The first-order chi connectivity index (χ1) is 3.97. The number of rotatable bonds is 0. The predicted octanol–water partition coefficient (Wildman–Crippen LogP) is -0.506. The van der Waals surface area contributed by atoms with Gasteiger partial charge in [0.05, 0.1) is 6.54 Å². The molecule has 0 saturated heterocycles. The molecule has 0 amide bonds. The molecule has 1 N–H and O–H groups in total. The molecule has 0 fully saturated rings. The average Bonchev–Trinajstić information content (AvgIpc) is 2.15. The monoisotopic (exact) mass is 110 g/mol. The van der Waals surface area contributed by atoms with Crippen molar-refractivity contribution >= 4 is 6.34 Å². The topological polar surface area (TPSA) is 30.9 Å². The lowest BCUT2D eigenvalue weighted by atomic mass is 10.6. The number of nitrogens with zero attached hydrogens (tertiary/aromatic N) is 3. The maximum absolute atomic E-state index is 3.79. The van der Waals surface area contributed by atoms with Gasteiger partial charge in [0.15, 0.2) is 0 Å². The maximum atomic E-state index is 3.79. The average molecular weight is 110 g/mol. The van der Waals surface area contributed by atoms with Crippen LogP contribution < -0.4 is 5.53 Å². The van der Waals surface area contributed by atoms with Crippen LogP contribution in [0.25, 0.3) is 0 Å². The fourth-order valence-corrected chi connectivity index (χ4v) is 0.774. The Morgan fingerprint density at radius 3 is 3.50 bits per heavy atom. The largest absolute Gasteiger partial charge is 0.249 e. The molecule has 2 heterocycles. The lowest BCUT2D eigenvalue weighted by molar-refractivity contribution is 0.110. The zero-order valence-electron chi connectivity index (χ0n) is 4.28. The summed E-state index contributed by atoms with van der Waals surface area (Å²) in [5.41, 5.74) is 2.76. The summed E-state index contributed by atoms with van der Waals surface area (Å²) < 4.78 is 0. The van der Waals surface area contributed by atoms with Crippen LogP contribution >= 0.6 is 0 Å². The van der Waals surface area contributed by atoms with Crippen LogP contribution in [0.1, 0.15) is 0 Å². The normalized spacial score (nSPS) is 22.0. The van der Waals surface area contributed by atoms with Gasteiger partial charge in [-0.2, -0.15) is 10.7 Å². The summed E-state index contributed by atoms with van der Waals surface area (Å²) in [6.07, 6.45) is 5.74. The molecule has 4 heteroatoms. The van der Waals surface area contributed by atoms with Gasteiger partial charge < -0.3 is 0 Å². The fraction of sp³-hybridized carbons (Fsp3) is 0.250. The molecule has 0 bridgehead atoms. The molecule has 2 rings (SSSR count). The van der Waals surface area contributed by atoms with Crippen LogP contribution in [0.15, 0.2) is 17.4 Å². The molecule has 2 aliphatic heterocycles. The van der Waals surface area contributed by atoms with Crippen molar-refractivity contribution in [3.63, 3.8) is 0 Å². The van der Waals surface area contributed by atoms with Crippen molar-refractivity contribution in [3.8, 4) is 0 Å². The highest BCUT2D eigenvalue weighted by molar-refractivity contribution is 5.56. The van der Waals surface area contributed by atoms with Gasteiger partial charge in [-0.15, -0.1) is 5.10 Å². The van der Waals surface area contributed by atoms with Gasteiger partial charge in [-0.05, 0) is 6.08 Å². The minimum absolute atomic E-state index is 0.927. The molecule has 42 valence electrons. The van der Waals surface area contributed by atoms with E-state index in [4.69, 9.17) is 0 Å². The lowest BCUT2D eigenvalue weighted by Gasteiger charge is -2.16. The Morgan fingerprint density at radius 2 is 2.62 bits per heavy atom. The highest BCUT2D eigenvalue weighted by Gasteiger charge is 2.15. The van der Waals surface area contributed by atoms with Crippen molar-refractivity contribution in [2.75, 3.05) is 6.54 Å². The number of hydrogen-bond acceptors (Lipinski definition) is 4. The van der Waals surface area contributed by atoms with E-state index in [0.717, 1.165) is 6.54 Å². The summed E-state index contributed by atoms with van der Waals surface area (Å²) in [5, 5.41) is 7.57. The van der Waals surface area contributed by atoms with Crippen molar-refractivity contribution in [1.82, 2.24) is 15.7 Å². The SMILES string of the molecule is C1=CN2NN=CN2C1. The molecule has 0 aromatic rings. The summed E-state index contributed by atoms with van der Waals surface area (Å²) in [7, 11) is 0. The Labute approximate surface area is 47.0 Å². The Morgan fingerprint density at radius 1 is 1.62 bits per heavy atom. The summed E-state index contributed by atoms with van der Waals surface area (Å²) >= 11 is 0. The predicted molar refractivity (Wildman–Crippen MR) is 29.3 cm³/mol. The van der Waals surface area contributed by atoms with Crippen LogP contribution in [0, 0.1) is 0 Å². The van der Waals surface area contributed by atoms with Gasteiger partial charge in [-0.25, -0.2) is 5.01 Å². The third kappa shape index (κ3) is 0.318. The van der Waals surface area contributed by atoms with E-state index >= 15 is 0 Å². The zero-order chi connectivity index (χ0) is 5.40. The van der Waals surface area contributed by atoms with Crippen LogP contribution in [0.3, 0.4) is 0 Å². The van der Waals surface area contributed by atoms with Gasteiger partial charge in [0.2, 0.25) is 0 Å². The maximum Gasteiger partial charge on any atom is 0.134 e. The molecule has 0 aliphatic carbocycles. The number of nitrogens with one attached hydrogen (secondary N) is 1. The summed E-state index contributed by atoms with van der Waals surface area (Å²) in [4.78, 5) is 0. The van der Waals surface area contributed by atoms with Crippen molar-refractivity contribution < 1.29 is 0 Å². The Kier molecular flexibility index (Phi) is 0.542. The van der Waals surface area contributed by atoms with Crippen LogP contribution in [-0.2, 0) is 0 Å². The number of hydrazine groups is 2. The first kappa shape index (κ1) is 3.77. The second kappa shape index (κ2) is 1.15. The molecule has 2 aliphatic rings. The molecular formula is C4H6N4. The van der Waals surface area contributed by atoms with Crippen LogP contribution in [0.5, 0.6) is 0 Å².